The van der Waals surface area contributed by atoms with E-state index in [0.717, 1.165) is 60.7 Å². The molecular weight excluding hydrogens is 384 g/mol. The Morgan fingerprint density at radius 2 is 1.97 bits per heavy atom. The molecule has 8 heteroatoms. The van der Waals surface area contributed by atoms with Gasteiger partial charge < -0.3 is 10.2 Å². The van der Waals surface area contributed by atoms with Crippen LogP contribution in [0.1, 0.15) is 54.1 Å². The van der Waals surface area contributed by atoms with Gasteiger partial charge in [0.15, 0.2) is 5.65 Å². The number of quaternary nitrogens is 1. The highest BCUT2D eigenvalue weighted by Crippen LogP contribution is 2.43. The molecule has 0 aromatic carbocycles. The lowest BCUT2D eigenvalue weighted by Gasteiger charge is -2.33. The third kappa shape index (κ3) is 3.13. The fourth-order valence-corrected chi connectivity index (χ4v) is 6.04. The molecule has 7 nitrogen and oxygen atoms in total. The van der Waals surface area contributed by atoms with Crippen molar-refractivity contribution >= 4 is 33.1 Å². The Morgan fingerprint density at radius 1 is 1.21 bits per heavy atom. The van der Waals surface area contributed by atoms with Gasteiger partial charge in [-0.25, -0.2) is 9.97 Å². The molecule has 4 heterocycles. The molecule has 1 saturated heterocycles. The molecule has 154 valence electrons. The lowest BCUT2D eigenvalue weighted by molar-refractivity contribution is -0.661. The molecule has 1 fully saturated rings. The van der Waals surface area contributed by atoms with Crippen LogP contribution in [0.4, 0.5) is 0 Å². The van der Waals surface area contributed by atoms with E-state index in [-0.39, 0.29) is 5.91 Å². The summed E-state index contributed by atoms with van der Waals surface area (Å²) in [4.78, 5) is 26.9. The van der Waals surface area contributed by atoms with Gasteiger partial charge in [-0.15, -0.1) is 16.4 Å². The van der Waals surface area contributed by atoms with Gasteiger partial charge in [-0.3, -0.25) is 4.79 Å². The molecule has 0 unspecified atom stereocenters. The van der Waals surface area contributed by atoms with Crippen LogP contribution in [-0.4, -0.2) is 56.6 Å². The van der Waals surface area contributed by atoms with Gasteiger partial charge in [0, 0.05) is 4.88 Å². The van der Waals surface area contributed by atoms with Gasteiger partial charge in [0.2, 0.25) is 5.82 Å². The van der Waals surface area contributed by atoms with Gasteiger partial charge in [0.1, 0.15) is 10.7 Å². The molecule has 1 aliphatic carbocycles. The van der Waals surface area contributed by atoms with E-state index >= 15 is 0 Å². The molecule has 1 atom stereocenters. The second-order valence-electron chi connectivity index (χ2n) is 9.48. The summed E-state index contributed by atoms with van der Waals surface area (Å²) < 4.78 is 1.77. The van der Waals surface area contributed by atoms with Crippen LogP contribution in [0.3, 0.4) is 0 Å². The number of thiophene rings is 1. The minimum absolute atomic E-state index is 0.0637. The average molecular weight is 414 g/mol. The number of nitrogens with two attached hydrogens (primary N) is 1. The third-order valence-corrected chi connectivity index (χ3v) is 7.71. The van der Waals surface area contributed by atoms with E-state index in [0.29, 0.717) is 17.2 Å². The predicted octanol–water partition coefficient (Wildman–Crippen LogP) is 1.82. The first-order valence-corrected chi connectivity index (χ1v) is 11.4. The van der Waals surface area contributed by atoms with E-state index in [1.807, 2.05) is 11.8 Å². The van der Waals surface area contributed by atoms with Gasteiger partial charge in [-0.2, -0.15) is 4.52 Å². The minimum atomic E-state index is -0.0637. The molecule has 2 aliphatic rings. The van der Waals surface area contributed by atoms with E-state index in [4.69, 9.17) is 9.97 Å². The van der Waals surface area contributed by atoms with Crippen LogP contribution in [0, 0.1) is 18.3 Å². The summed E-state index contributed by atoms with van der Waals surface area (Å²) in [6, 6.07) is 0. The Balaban J connectivity index is 1.60. The summed E-state index contributed by atoms with van der Waals surface area (Å²) in [7, 11) is 0. The Labute approximate surface area is 174 Å². The number of carbonyl (C=O) groups excluding carboxylic acids is 1. The Bertz CT molecular complexity index is 1100. The predicted molar refractivity (Wildman–Crippen MR) is 113 cm³/mol. The Kier molecular flexibility index (Phi) is 4.40. The number of carbonyl (C=O) groups is 1. The summed E-state index contributed by atoms with van der Waals surface area (Å²) in [6.45, 7) is 12.4. The number of fused-ring (bicyclic) bond motifs is 5. The first-order valence-electron chi connectivity index (χ1n) is 10.6. The lowest BCUT2D eigenvalue weighted by atomic mass is 9.72. The molecule has 0 bridgehead atoms. The van der Waals surface area contributed by atoms with E-state index in [1.165, 1.54) is 16.9 Å². The standard InChI is InChI=1S/C21H28N6OS/c1-12-23-19-16(14-6-5-13(21(2,3)4)11-15(14)29-19)18-24-17(25-27(12)18)20(28)26-9-7-22-8-10-26/h13,22H,5-11H2,1-4H3/p+1/t13-/m1/s1. The second kappa shape index (κ2) is 6.74. The molecule has 29 heavy (non-hydrogen) atoms. The average Bonchev–Trinajstić information content (AvgIpc) is 3.28. The number of hydrogen-bond acceptors (Lipinski definition) is 5. The van der Waals surface area contributed by atoms with E-state index < -0.39 is 0 Å². The van der Waals surface area contributed by atoms with Crippen LogP contribution in [0.2, 0.25) is 0 Å². The number of amides is 1. The van der Waals surface area contributed by atoms with Crippen LogP contribution in [-0.2, 0) is 12.8 Å². The molecule has 0 saturated carbocycles. The molecular formula is C21H29N6OS+. The fraction of sp³-hybridized carbons (Fsp3) is 0.619. The molecule has 0 spiro atoms. The van der Waals surface area contributed by atoms with Crippen LogP contribution in [0.15, 0.2) is 0 Å². The fourth-order valence-electron chi connectivity index (χ4n) is 4.70. The van der Waals surface area contributed by atoms with Crippen molar-refractivity contribution in [2.24, 2.45) is 11.3 Å². The van der Waals surface area contributed by atoms with Gasteiger partial charge in [0.05, 0.1) is 31.6 Å². The van der Waals surface area contributed by atoms with Crippen molar-refractivity contribution in [2.75, 3.05) is 26.2 Å². The van der Waals surface area contributed by atoms with Gasteiger partial charge in [-0.05, 0) is 43.1 Å². The quantitative estimate of drug-likeness (QED) is 0.660. The maximum absolute atomic E-state index is 13.0. The van der Waals surface area contributed by atoms with Crippen LogP contribution in [0.5, 0.6) is 0 Å². The van der Waals surface area contributed by atoms with E-state index in [9.17, 15) is 4.79 Å². The van der Waals surface area contributed by atoms with Crippen LogP contribution in [0.25, 0.3) is 15.9 Å². The molecule has 1 amide bonds. The van der Waals surface area contributed by atoms with Gasteiger partial charge >= 0.3 is 0 Å². The molecule has 5 rings (SSSR count). The van der Waals surface area contributed by atoms with Crippen molar-refractivity contribution in [1.82, 2.24) is 24.5 Å². The zero-order valence-corrected chi connectivity index (χ0v) is 18.5. The highest BCUT2D eigenvalue weighted by Gasteiger charge is 2.32. The first-order chi connectivity index (χ1) is 13.8. The maximum atomic E-state index is 13.0. The summed E-state index contributed by atoms with van der Waals surface area (Å²) in [6.07, 6.45) is 3.34. The number of nitrogens with zero attached hydrogens (tertiary/aromatic N) is 5. The first kappa shape index (κ1) is 18.9. The second-order valence-corrected chi connectivity index (χ2v) is 10.6. The Morgan fingerprint density at radius 3 is 2.69 bits per heavy atom. The van der Waals surface area contributed by atoms with Crippen molar-refractivity contribution in [3.63, 3.8) is 0 Å². The third-order valence-electron chi connectivity index (χ3n) is 6.56. The van der Waals surface area contributed by atoms with Crippen LogP contribution < -0.4 is 5.32 Å². The van der Waals surface area contributed by atoms with Crippen LogP contribution >= 0.6 is 11.3 Å². The summed E-state index contributed by atoms with van der Waals surface area (Å²) in [5.74, 6) is 1.71. The normalized spacial score (nSPS) is 20.4. The highest BCUT2D eigenvalue weighted by molar-refractivity contribution is 7.19. The minimum Gasteiger partial charge on any atom is -0.343 e. The SMILES string of the molecule is Cc1nc2sc3c(c2c2nc(C(=O)N4CC[NH2+]CC4)nn12)CC[C@@H](C(C)(C)C)C3. The monoisotopic (exact) mass is 413 g/mol. The zero-order chi connectivity index (χ0) is 20.3. The largest absolute Gasteiger partial charge is 0.343 e. The van der Waals surface area contributed by atoms with Gasteiger partial charge in [-0.1, -0.05) is 20.8 Å². The van der Waals surface area contributed by atoms with E-state index in [1.54, 1.807) is 15.9 Å². The number of aryl methyl sites for hydroxylation is 2. The molecule has 2 N–H and O–H groups in total. The van der Waals surface area contributed by atoms with E-state index in [2.05, 4.69) is 31.2 Å². The zero-order valence-electron chi connectivity index (χ0n) is 17.7. The Hall–Kier alpha value is -2.06. The number of hydrogen-bond donors (Lipinski definition) is 1. The van der Waals surface area contributed by atoms with Crippen molar-refractivity contribution in [3.8, 4) is 0 Å². The number of aromatic nitrogens is 4. The lowest BCUT2D eigenvalue weighted by Crippen LogP contribution is -2.89. The molecule has 3 aromatic rings. The summed E-state index contributed by atoms with van der Waals surface area (Å²) in [5.41, 5.74) is 2.49. The van der Waals surface area contributed by atoms with Crippen molar-refractivity contribution in [3.05, 3.63) is 22.1 Å². The maximum Gasteiger partial charge on any atom is 0.293 e. The summed E-state index contributed by atoms with van der Waals surface area (Å²) >= 11 is 1.80. The van der Waals surface area contributed by atoms with Crippen molar-refractivity contribution < 1.29 is 10.1 Å². The van der Waals surface area contributed by atoms with Gasteiger partial charge in [0.25, 0.3) is 5.91 Å². The van der Waals surface area contributed by atoms with Crippen molar-refractivity contribution in [2.45, 2.75) is 47.0 Å². The highest BCUT2D eigenvalue weighted by atomic mass is 32.1. The molecule has 1 aliphatic heterocycles. The number of rotatable bonds is 1. The summed E-state index contributed by atoms with van der Waals surface area (Å²) in [5, 5.41) is 7.92. The smallest absolute Gasteiger partial charge is 0.293 e. The molecule has 3 aromatic heterocycles. The number of piperazine rings is 1. The topological polar surface area (TPSA) is 80.0 Å². The van der Waals surface area contributed by atoms with Crippen molar-refractivity contribution in [1.29, 1.82) is 0 Å². The molecule has 0 radical (unpaired) electrons.